The Balaban J connectivity index is 1.48. The van der Waals surface area contributed by atoms with Crippen LogP contribution in [0.4, 0.5) is 0 Å². The number of pyridine rings is 1. The predicted octanol–water partition coefficient (Wildman–Crippen LogP) is 2.23. The summed E-state index contributed by atoms with van der Waals surface area (Å²) in [5.74, 6) is 1.65. The molecular weight excluding hydrogens is 304 g/mol. The van der Waals surface area contributed by atoms with Crippen LogP contribution in [-0.4, -0.2) is 36.1 Å². The summed E-state index contributed by atoms with van der Waals surface area (Å²) in [7, 11) is 1.64. The molecule has 0 unspecified atom stereocenters. The van der Waals surface area contributed by atoms with Crippen LogP contribution in [0, 0.1) is 5.92 Å². The summed E-state index contributed by atoms with van der Waals surface area (Å²) in [6.07, 6.45) is 3.36. The Morgan fingerprint density at radius 3 is 3.12 bits per heavy atom. The molecule has 0 N–H and O–H groups in total. The lowest BCUT2D eigenvalue weighted by atomic mass is 9.94. The second kappa shape index (κ2) is 6.15. The molecule has 2 aliphatic rings. The van der Waals surface area contributed by atoms with E-state index in [1.165, 1.54) is 0 Å². The molecule has 0 fully saturated rings. The first-order valence-corrected chi connectivity index (χ1v) is 8.26. The van der Waals surface area contributed by atoms with Gasteiger partial charge in [-0.3, -0.25) is 9.78 Å². The van der Waals surface area contributed by atoms with Crippen molar-refractivity contribution in [3.63, 3.8) is 0 Å². The molecule has 0 saturated heterocycles. The SMILES string of the molecule is COc1ccc2c(c1)OC[C@H](C(=O)N1CCc3ncccc3C1)C2. The minimum absolute atomic E-state index is 0.121. The van der Waals surface area contributed by atoms with Gasteiger partial charge in [0, 0.05) is 37.5 Å². The standard InChI is InChI=1S/C19H20N2O3/c1-23-16-5-4-13-9-15(12-24-18(13)10-16)19(22)21-8-6-17-14(11-21)3-2-7-20-17/h2-5,7,10,15H,6,8-9,11-12H2,1H3/t15-/m1/s1. The third-order valence-electron chi connectivity index (χ3n) is 4.81. The number of carbonyl (C=O) groups is 1. The Hall–Kier alpha value is -2.56. The summed E-state index contributed by atoms with van der Waals surface area (Å²) in [4.78, 5) is 19.2. The molecule has 1 aromatic carbocycles. The van der Waals surface area contributed by atoms with Crippen molar-refractivity contribution in [3.8, 4) is 11.5 Å². The number of hydrogen-bond donors (Lipinski definition) is 0. The number of benzene rings is 1. The van der Waals surface area contributed by atoms with Gasteiger partial charge in [0.2, 0.25) is 5.91 Å². The molecule has 0 bridgehead atoms. The Bertz CT molecular complexity index is 775. The number of rotatable bonds is 2. The first-order chi connectivity index (χ1) is 11.7. The molecule has 4 rings (SSSR count). The zero-order valence-electron chi connectivity index (χ0n) is 13.7. The third-order valence-corrected chi connectivity index (χ3v) is 4.81. The lowest BCUT2D eigenvalue weighted by molar-refractivity contribution is -0.137. The fourth-order valence-electron chi connectivity index (χ4n) is 3.45. The van der Waals surface area contributed by atoms with E-state index in [0.717, 1.165) is 41.3 Å². The summed E-state index contributed by atoms with van der Waals surface area (Å²) in [6, 6.07) is 9.78. The molecule has 1 atom stereocenters. The van der Waals surface area contributed by atoms with Crippen molar-refractivity contribution in [2.75, 3.05) is 20.3 Å². The first kappa shape index (κ1) is 15.0. The second-order valence-electron chi connectivity index (χ2n) is 6.30. The molecule has 1 amide bonds. The van der Waals surface area contributed by atoms with E-state index in [2.05, 4.69) is 11.1 Å². The van der Waals surface area contributed by atoms with Gasteiger partial charge in [0.15, 0.2) is 0 Å². The van der Waals surface area contributed by atoms with Gasteiger partial charge in [-0.2, -0.15) is 0 Å². The van der Waals surface area contributed by atoms with Crippen molar-refractivity contribution in [1.82, 2.24) is 9.88 Å². The number of methoxy groups -OCH3 is 1. The van der Waals surface area contributed by atoms with Gasteiger partial charge < -0.3 is 14.4 Å². The minimum Gasteiger partial charge on any atom is -0.497 e. The highest BCUT2D eigenvalue weighted by atomic mass is 16.5. The van der Waals surface area contributed by atoms with Crippen LogP contribution in [0.3, 0.4) is 0 Å². The lowest BCUT2D eigenvalue weighted by Crippen LogP contribution is -2.43. The zero-order valence-corrected chi connectivity index (χ0v) is 13.7. The van der Waals surface area contributed by atoms with E-state index in [0.29, 0.717) is 19.6 Å². The molecule has 124 valence electrons. The molecular formula is C19H20N2O3. The van der Waals surface area contributed by atoms with Crippen molar-refractivity contribution >= 4 is 5.91 Å². The molecule has 2 aromatic rings. The average Bonchev–Trinajstić information content (AvgIpc) is 2.66. The molecule has 2 aliphatic heterocycles. The molecule has 0 spiro atoms. The van der Waals surface area contributed by atoms with Gasteiger partial charge in [-0.05, 0) is 29.7 Å². The van der Waals surface area contributed by atoms with Crippen molar-refractivity contribution in [3.05, 3.63) is 53.3 Å². The molecule has 3 heterocycles. The number of aromatic nitrogens is 1. The van der Waals surface area contributed by atoms with Crippen molar-refractivity contribution in [2.45, 2.75) is 19.4 Å². The van der Waals surface area contributed by atoms with Crippen LogP contribution >= 0.6 is 0 Å². The normalized spacial score (nSPS) is 19.0. The Morgan fingerprint density at radius 1 is 1.33 bits per heavy atom. The number of ether oxygens (including phenoxy) is 2. The largest absolute Gasteiger partial charge is 0.497 e. The number of amides is 1. The van der Waals surface area contributed by atoms with Crippen molar-refractivity contribution in [1.29, 1.82) is 0 Å². The van der Waals surface area contributed by atoms with Crippen molar-refractivity contribution in [2.24, 2.45) is 5.92 Å². The number of fused-ring (bicyclic) bond motifs is 2. The molecule has 5 nitrogen and oxygen atoms in total. The molecule has 24 heavy (non-hydrogen) atoms. The Kier molecular flexibility index (Phi) is 3.84. The van der Waals surface area contributed by atoms with E-state index in [-0.39, 0.29) is 11.8 Å². The van der Waals surface area contributed by atoms with Crippen LogP contribution < -0.4 is 9.47 Å². The monoisotopic (exact) mass is 324 g/mol. The summed E-state index contributed by atoms with van der Waals surface area (Å²) < 4.78 is 11.0. The zero-order chi connectivity index (χ0) is 16.5. The minimum atomic E-state index is -0.121. The van der Waals surface area contributed by atoms with Crippen LogP contribution in [0.15, 0.2) is 36.5 Å². The highest BCUT2D eigenvalue weighted by Gasteiger charge is 2.31. The lowest BCUT2D eigenvalue weighted by Gasteiger charge is -2.33. The van der Waals surface area contributed by atoms with Crippen LogP contribution in [0.2, 0.25) is 0 Å². The van der Waals surface area contributed by atoms with Crippen LogP contribution in [0.25, 0.3) is 0 Å². The van der Waals surface area contributed by atoms with Crippen LogP contribution in [0.5, 0.6) is 11.5 Å². The van der Waals surface area contributed by atoms with Gasteiger partial charge in [-0.1, -0.05) is 12.1 Å². The van der Waals surface area contributed by atoms with Gasteiger partial charge in [-0.25, -0.2) is 0 Å². The molecule has 1 aromatic heterocycles. The van der Waals surface area contributed by atoms with Gasteiger partial charge in [0.05, 0.1) is 13.0 Å². The van der Waals surface area contributed by atoms with Gasteiger partial charge in [0.25, 0.3) is 0 Å². The predicted molar refractivity (Wildman–Crippen MR) is 89.0 cm³/mol. The topological polar surface area (TPSA) is 51.7 Å². The number of hydrogen-bond acceptors (Lipinski definition) is 4. The maximum Gasteiger partial charge on any atom is 0.229 e. The van der Waals surface area contributed by atoms with Crippen LogP contribution in [0.1, 0.15) is 16.8 Å². The average molecular weight is 324 g/mol. The second-order valence-corrected chi connectivity index (χ2v) is 6.30. The maximum atomic E-state index is 12.9. The van der Waals surface area contributed by atoms with Gasteiger partial charge >= 0.3 is 0 Å². The van der Waals surface area contributed by atoms with Gasteiger partial charge in [-0.15, -0.1) is 0 Å². The van der Waals surface area contributed by atoms with E-state index in [9.17, 15) is 4.79 Å². The Morgan fingerprint density at radius 2 is 2.25 bits per heavy atom. The highest BCUT2D eigenvalue weighted by molar-refractivity contribution is 5.80. The summed E-state index contributed by atoms with van der Waals surface area (Å²) >= 11 is 0. The summed E-state index contributed by atoms with van der Waals surface area (Å²) in [6.45, 7) is 1.80. The van der Waals surface area contributed by atoms with E-state index in [1.807, 2.05) is 35.4 Å². The van der Waals surface area contributed by atoms with Crippen molar-refractivity contribution < 1.29 is 14.3 Å². The van der Waals surface area contributed by atoms with Crippen LogP contribution in [-0.2, 0) is 24.2 Å². The Labute approximate surface area is 141 Å². The maximum absolute atomic E-state index is 12.9. The summed E-state index contributed by atoms with van der Waals surface area (Å²) in [5.41, 5.74) is 3.33. The molecule has 0 aliphatic carbocycles. The molecule has 0 saturated carbocycles. The quantitative estimate of drug-likeness (QED) is 0.850. The first-order valence-electron chi connectivity index (χ1n) is 8.26. The van der Waals surface area contributed by atoms with Gasteiger partial charge in [0.1, 0.15) is 18.1 Å². The van der Waals surface area contributed by atoms with E-state index >= 15 is 0 Å². The fourth-order valence-corrected chi connectivity index (χ4v) is 3.45. The molecule has 0 radical (unpaired) electrons. The third kappa shape index (κ3) is 2.70. The smallest absolute Gasteiger partial charge is 0.229 e. The van der Waals surface area contributed by atoms with E-state index in [1.54, 1.807) is 7.11 Å². The number of nitrogens with zero attached hydrogens (tertiary/aromatic N) is 2. The van der Waals surface area contributed by atoms with E-state index in [4.69, 9.17) is 9.47 Å². The number of carbonyl (C=O) groups excluding carboxylic acids is 1. The highest BCUT2D eigenvalue weighted by Crippen LogP contribution is 2.32. The summed E-state index contributed by atoms with van der Waals surface area (Å²) in [5, 5.41) is 0. The fraction of sp³-hybridized carbons (Fsp3) is 0.368. The van der Waals surface area contributed by atoms with E-state index < -0.39 is 0 Å². The molecule has 5 heteroatoms.